The summed E-state index contributed by atoms with van der Waals surface area (Å²) in [7, 11) is 0. The summed E-state index contributed by atoms with van der Waals surface area (Å²) < 4.78 is 26.4. The van der Waals surface area contributed by atoms with Crippen LogP contribution in [0.2, 0.25) is 0 Å². The van der Waals surface area contributed by atoms with Crippen LogP contribution in [0, 0.1) is 5.92 Å². The lowest BCUT2D eigenvalue weighted by Crippen LogP contribution is -2.46. The third-order valence-electron chi connectivity index (χ3n) is 4.45. The molecule has 1 aliphatic carbocycles. The zero-order chi connectivity index (χ0) is 13.5. The number of aliphatic hydroxyl groups excluding tert-OH is 1. The number of hydrogen-bond donors (Lipinski definition) is 2. The van der Waals surface area contributed by atoms with Crippen molar-refractivity contribution in [2.24, 2.45) is 5.92 Å². The molecule has 0 spiro atoms. The number of benzene rings is 1. The topological polar surface area (TPSA) is 32.3 Å². The first-order chi connectivity index (χ1) is 9.05. The van der Waals surface area contributed by atoms with Gasteiger partial charge in [-0.3, -0.25) is 0 Å². The van der Waals surface area contributed by atoms with Crippen LogP contribution in [-0.4, -0.2) is 23.2 Å². The molecule has 0 aromatic heterocycles. The third-order valence-corrected chi connectivity index (χ3v) is 4.45. The third kappa shape index (κ3) is 2.59. The molecule has 0 amide bonds. The van der Waals surface area contributed by atoms with Crippen LogP contribution in [0.25, 0.3) is 0 Å². The molecule has 1 aromatic rings. The molecule has 2 aliphatic rings. The van der Waals surface area contributed by atoms with E-state index in [9.17, 15) is 13.9 Å². The molecule has 19 heavy (non-hydrogen) atoms. The number of alkyl halides is 2. The minimum absolute atomic E-state index is 0.0514. The average Bonchev–Trinajstić information content (AvgIpc) is 2.38. The molecular formula is C15H19F2NO. The summed E-state index contributed by atoms with van der Waals surface area (Å²) in [5, 5.41) is 13.6. The highest BCUT2D eigenvalue weighted by Gasteiger charge is 2.40. The van der Waals surface area contributed by atoms with E-state index >= 15 is 0 Å². The SMILES string of the molecule is OC1Cc2ccccc2NC1C1CCC(F)(F)CC1. The lowest BCUT2D eigenvalue weighted by molar-refractivity contribution is -0.0526. The summed E-state index contributed by atoms with van der Waals surface area (Å²) >= 11 is 0. The van der Waals surface area contributed by atoms with Gasteiger partial charge in [0.1, 0.15) is 0 Å². The zero-order valence-corrected chi connectivity index (χ0v) is 10.8. The van der Waals surface area contributed by atoms with Gasteiger partial charge in [0.05, 0.1) is 12.1 Å². The standard InChI is InChI=1S/C15H19F2NO/c16-15(17)7-5-10(6-8-15)14-13(19)9-11-3-1-2-4-12(11)18-14/h1-4,10,13-14,18-19H,5-9H2. The Labute approximate surface area is 111 Å². The van der Waals surface area contributed by atoms with Gasteiger partial charge in [0.2, 0.25) is 5.92 Å². The second-order valence-electron chi connectivity index (χ2n) is 5.79. The minimum atomic E-state index is -2.51. The molecule has 0 radical (unpaired) electrons. The van der Waals surface area contributed by atoms with Gasteiger partial charge in [0.25, 0.3) is 0 Å². The van der Waals surface area contributed by atoms with E-state index in [4.69, 9.17) is 0 Å². The van der Waals surface area contributed by atoms with Crippen LogP contribution < -0.4 is 5.32 Å². The predicted molar refractivity (Wildman–Crippen MR) is 70.5 cm³/mol. The second-order valence-corrected chi connectivity index (χ2v) is 5.79. The molecule has 2 unspecified atom stereocenters. The number of rotatable bonds is 1. The van der Waals surface area contributed by atoms with Crippen molar-refractivity contribution < 1.29 is 13.9 Å². The molecule has 0 bridgehead atoms. The van der Waals surface area contributed by atoms with Crippen molar-refractivity contribution in [1.82, 2.24) is 0 Å². The fourth-order valence-electron chi connectivity index (χ4n) is 3.32. The highest BCUT2D eigenvalue weighted by molar-refractivity contribution is 5.54. The first-order valence-electron chi connectivity index (χ1n) is 6.95. The molecule has 1 fully saturated rings. The van der Waals surface area contributed by atoms with Crippen molar-refractivity contribution >= 4 is 5.69 Å². The molecular weight excluding hydrogens is 248 g/mol. The number of nitrogens with one attached hydrogen (secondary N) is 1. The Hall–Kier alpha value is -1.16. The fourth-order valence-corrected chi connectivity index (χ4v) is 3.32. The molecule has 3 rings (SSSR count). The van der Waals surface area contributed by atoms with Gasteiger partial charge in [-0.05, 0) is 30.4 Å². The summed E-state index contributed by atoms with van der Waals surface area (Å²) in [5.41, 5.74) is 2.14. The second kappa shape index (κ2) is 4.75. The first-order valence-corrected chi connectivity index (χ1v) is 6.95. The molecule has 1 heterocycles. The average molecular weight is 267 g/mol. The summed E-state index contributed by atoms with van der Waals surface area (Å²) in [6.07, 6.45) is 1.01. The molecule has 4 heteroatoms. The van der Waals surface area contributed by atoms with E-state index in [1.165, 1.54) is 0 Å². The van der Waals surface area contributed by atoms with Crippen molar-refractivity contribution in [2.45, 2.75) is 50.2 Å². The predicted octanol–water partition coefficient (Wildman–Crippen LogP) is 3.21. The number of para-hydroxylation sites is 1. The van der Waals surface area contributed by atoms with Crippen LogP contribution in [0.1, 0.15) is 31.2 Å². The van der Waals surface area contributed by atoms with Gasteiger partial charge < -0.3 is 10.4 Å². The van der Waals surface area contributed by atoms with Gasteiger partial charge in [-0.25, -0.2) is 8.78 Å². The van der Waals surface area contributed by atoms with Crippen LogP contribution in [-0.2, 0) is 6.42 Å². The molecule has 1 saturated carbocycles. The number of halogens is 2. The van der Waals surface area contributed by atoms with E-state index in [1.54, 1.807) is 0 Å². The van der Waals surface area contributed by atoms with Crippen molar-refractivity contribution in [3.63, 3.8) is 0 Å². The Balaban J connectivity index is 1.73. The Morgan fingerprint density at radius 2 is 1.84 bits per heavy atom. The van der Waals surface area contributed by atoms with Gasteiger partial charge in [0, 0.05) is 24.9 Å². The molecule has 2 nitrogen and oxygen atoms in total. The lowest BCUT2D eigenvalue weighted by atomic mass is 9.77. The molecule has 0 saturated heterocycles. The van der Waals surface area contributed by atoms with Gasteiger partial charge in [-0.15, -0.1) is 0 Å². The molecule has 1 aromatic carbocycles. The summed E-state index contributed by atoms with van der Waals surface area (Å²) in [6, 6.07) is 7.80. The quantitative estimate of drug-likeness (QED) is 0.819. The van der Waals surface area contributed by atoms with Crippen molar-refractivity contribution in [1.29, 1.82) is 0 Å². The number of aliphatic hydroxyl groups is 1. The highest BCUT2D eigenvalue weighted by Crippen LogP contribution is 2.40. The maximum atomic E-state index is 13.2. The largest absolute Gasteiger partial charge is 0.391 e. The summed E-state index contributed by atoms with van der Waals surface area (Å²) in [5.74, 6) is -2.36. The van der Waals surface area contributed by atoms with E-state index in [0.717, 1.165) is 11.3 Å². The van der Waals surface area contributed by atoms with E-state index in [2.05, 4.69) is 5.32 Å². The maximum Gasteiger partial charge on any atom is 0.248 e. The van der Waals surface area contributed by atoms with E-state index < -0.39 is 12.0 Å². The Bertz CT molecular complexity index is 453. The number of fused-ring (bicyclic) bond motifs is 1. The van der Waals surface area contributed by atoms with Crippen molar-refractivity contribution in [3.8, 4) is 0 Å². The van der Waals surface area contributed by atoms with Crippen molar-refractivity contribution in [2.75, 3.05) is 5.32 Å². The van der Waals surface area contributed by atoms with Crippen molar-refractivity contribution in [3.05, 3.63) is 29.8 Å². The molecule has 1 aliphatic heterocycles. The fraction of sp³-hybridized carbons (Fsp3) is 0.600. The van der Waals surface area contributed by atoms with Crippen LogP contribution in [0.5, 0.6) is 0 Å². The highest BCUT2D eigenvalue weighted by atomic mass is 19.3. The van der Waals surface area contributed by atoms with Crippen LogP contribution >= 0.6 is 0 Å². The maximum absolute atomic E-state index is 13.2. The Morgan fingerprint density at radius 3 is 2.58 bits per heavy atom. The number of anilines is 1. The smallest absolute Gasteiger partial charge is 0.248 e. The number of hydrogen-bond acceptors (Lipinski definition) is 2. The van der Waals surface area contributed by atoms with E-state index in [1.807, 2.05) is 24.3 Å². The first kappa shape index (κ1) is 12.9. The van der Waals surface area contributed by atoms with E-state index in [0.29, 0.717) is 19.3 Å². The summed E-state index contributed by atoms with van der Waals surface area (Å²) in [6.45, 7) is 0. The van der Waals surface area contributed by atoms with Gasteiger partial charge in [-0.2, -0.15) is 0 Å². The summed E-state index contributed by atoms with van der Waals surface area (Å²) in [4.78, 5) is 0. The van der Waals surface area contributed by atoms with Crippen LogP contribution in [0.4, 0.5) is 14.5 Å². The van der Waals surface area contributed by atoms with E-state index in [-0.39, 0.29) is 24.8 Å². The minimum Gasteiger partial charge on any atom is -0.391 e. The Morgan fingerprint density at radius 1 is 1.16 bits per heavy atom. The lowest BCUT2D eigenvalue weighted by Gasteiger charge is -2.40. The van der Waals surface area contributed by atoms with Crippen LogP contribution in [0.15, 0.2) is 24.3 Å². The van der Waals surface area contributed by atoms with Crippen LogP contribution in [0.3, 0.4) is 0 Å². The van der Waals surface area contributed by atoms with Gasteiger partial charge in [0.15, 0.2) is 0 Å². The monoisotopic (exact) mass is 267 g/mol. The normalized spacial score (nSPS) is 30.5. The Kier molecular flexibility index (Phi) is 3.21. The van der Waals surface area contributed by atoms with Gasteiger partial charge in [-0.1, -0.05) is 18.2 Å². The molecule has 104 valence electrons. The zero-order valence-electron chi connectivity index (χ0n) is 10.8. The van der Waals surface area contributed by atoms with Gasteiger partial charge >= 0.3 is 0 Å². The molecule has 2 N–H and O–H groups in total. The molecule has 2 atom stereocenters.